The standard InChI is InChI=1S/C19H13F3N6O/c20-19(21,22)13-7-3-1-5-10(13)16-25-14-8-4-2-6-11(14)17(26-16)27-18-12(15(23)29)9-24-28-18/h1-9H,(H2,23,29)(H2,24,25,26,27,28). The first-order valence-electron chi connectivity index (χ1n) is 8.38. The number of hydrogen-bond donors (Lipinski definition) is 3. The molecule has 0 saturated heterocycles. The number of H-pyrrole nitrogens is 1. The van der Waals surface area contributed by atoms with Gasteiger partial charge in [0, 0.05) is 10.9 Å². The summed E-state index contributed by atoms with van der Waals surface area (Å²) in [5.74, 6) is -0.452. The number of hydrogen-bond acceptors (Lipinski definition) is 5. The van der Waals surface area contributed by atoms with Gasteiger partial charge in [-0.15, -0.1) is 0 Å². The summed E-state index contributed by atoms with van der Waals surface area (Å²) < 4.78 is 40.4. The molecule has 4 N–H and O–H groups in total. The molecule has 0 fully saturated rings. The monoisotopic (exact) mass is 398 g/mol. The summed E-state index contributed by atoms with van der Waals surface area (Å²) in [6.07, 6.45) is -3.32. The number of halogens is 3. The van der Waals surface area contributed by atoms with Crippen LogP contribution in [0.5, 0.6) is 0 Å². The van der Waals surface area contributed by atoms with Gasteiger partial charge in [-0.1, -0.05) is 30.3 Å². The lowest BCUT2D eigenvalue weighted by Gasteiger charge is -2.14. The van der Waals surface area contributed by atoms with Gasteiger partial charge in [0.05, 0.1) is 17.3 Å². The number of amides is 1. The average molecular weight is 398 g/mol. The summed E-state index contributed by atoms with van der Waals surface area (Å²) in [6.45, 7) is 0. The smallest absolute Gasteiger partial charge is 0.365 e. The summed E-state index contributed by atoms with van der Waals surface area (Å²) in [6, 6.07) is 11.9. The second-order valence-electron chi connectivity index (χ2n) is 6.10. The fourth-order valence-corrected chi connectivity index (χ4v) is 2.90. The van der Waals surface area contributed by atoms with E-state index < -0.39 is 17.6 Å². The summed E-state index contributed by atoms with van der Waals surface area (Å²) in [5.41, 5.74) is 4.83. The van der Waals surface area contributed by atoms with Gasteiger partial charge in [0.15, 0.2) is 5.82 Å². The van der Waals surface area contributed by atoms with Crippen LogP contribution < -0.4 is 11.1 Å². The number of benzene rings is 2. The van der Waals surface area contributed by atoms with Crippen LogP contribution in [0.15, 0.2) is 54.7 Å². The normalized spacial score (nSPS) is 11.6. The lowest BCUT2D eigenvalue weighted by Crippen LogP contribution is -2.12. The van der Waals surface area contributed by atoms with Crippen LogP contribution in [0.1, 0.15) is 15.9 Å². The molecule has 4 aromatic rings. The number of carbonyl (C=O) groups excluding carboxylic acids is 1. The predicted molar refractivity (Wildman–Crippen MR) is 100 cm³/mol. The highest BCUT2D eigenvalue weighted by atomic mass is 19.4. The molecular formula is C19H13F3N6O. The molecule has 2 heterocycles. The molecule has 0 atom stereocenters. The molecule has 0 radical (unpaired) electrons. The van der Waals surface area contributed by atoms with Crippen molar-refractivity contribution in [1.82, 2.24) is 20.2 Å². The number of alkyl halides is 3. The van der Waals surface area contributed by atoms with E-state index in [1.807, 2.05) is 0 Å². The minimum absolute atomic E-state index is 0.0879. The maximum absolute atomic E-state index is 13.5. The molecule has 2 aromatic carbocycles. The molecule has 0 unspecified atom stereocenters. The number of fused-ring (bicyclic) bond motifs is 1. The molecule has 2 aromatic heterocycles. The number of primary amides is 1. The van der Waals surface area contributed by atoms with E-state index in [4.69, 9.17) is 5.73 Å². The molecular weight excluding hydrogens is 385 g/mol. The third-order valence-corrected chi connectivity index (χ3v) is 4.22. The molecule has 7 nitrogen and oxygen atoms in total. The van der Waals surface area contributed by atoms with E-state index >= 15 is 0 Å². The fraction of sp³-hybridized carbons (Fsp3) is 0.0526. The van der Waals surface area contributed by atoms with Gasteiger partial charge >= 0.3 is 6.18 Å². The zero-order chi connectivity index (χ0) is 20.6. The Hall–Kier alpha value is -3.95. The number of anilines is 2. The van der Waals surface area contributed by atoms with Crippen molar-refractivity contribution in [1.29, 1.82) is 0 Å². The van der Waals surface area contributed by atoms with Crippen molar-refractivity contribution in [3.63, 3.8) is 0 Å². The van der Waals surface area contributed by atoms with Gasteiger partial charge in [0.25, 0.3) is 5.91 Å². The van der Waals surface area contributed by atoms with E-state index in [2.05, 4.69) is 25.5 Å². The van der Waals surface area contributed by atoms with Crippen molar-refractivity contribution in [2.75, 3.05) is 5.32 Å². The molecule has 0 aliphatic heterocycles. The van der Waals surface area contributed by atoms with Crippen molar-refractivity contribution >= 4 is 28.4 Å². The van der Waals surface area contributed by atoms with Gasteiger partial charge in [-0.3, -0.25) is 9.89 Å². The van der Waals surface area contributed by atoms with Crippen molar-refractivity contribution < 1.29 is 18.0 Å². The van der Waals surface area contributed by atoms with Crippen LogP contribution in [0, 0.1) is 0 Å². The van der Waals surface area contributed by atoms with Crippen molar-refractivity contribution in [3.8, 4) is 11.4 Å². The molecule has 29 heavy (non-hydrogen) atoms. The van der Waals surface area contributed by atoms with Gasteiger partial charge in [0.1, 0.15) is 17.2 Å². The van der Waals surface area contributed by atoms with E-state index in [1.54, 1.807) is 24.3 Å². The number of aromatic amines is 1. The Morgan fingerprint density at radius 1 is 1.03 bits per heavy atom. The highest BCUT2D eigenvalue weighted by molar-refractivity contribution is 5.99. The van der Waals surface area contributed by atoms with Gasteiger partial charge in [0.2, 0.25) is 0 Å². The number of carbonyl (C=O) groups is 1. The maximum atomic E-state index is 13.5. The highest BCUT2D eigenvalue weighted by Gasteiger charge is 2.34. The number of aromatic nitrogens is 4. The minimum atomic E-state index is -4.57. The summed E-state index contributed by atoms with van der Waals surface area (Å²) in [7, 11) is 0. The first kappa shape index (κ1) is 18.4. The number of nitrogens with two attached hydrogens (primary N) is 1. The van der Waals surface area contributed by atoms with Crippen LogP contribution >= 0.6 is 0 Å². The molecule has 0 saturated carbocycles. The Morgan fingerprint density at radius 2 is 1.76 bits per heavy atom. The van der Waals surface area contributed by atoms with Gasteiger partial charge < -0.3 is 11.1 Å². The largest absolute Gasteiger partial charge is 0.417 e. The summed E-state index contributed by atoms with van der Waals surface area (Å²) in [5, 5.41) is 9.80. The Morgan fingerprint density at radius 3 is 2.52 bits per heavy atom. The molecule has 0 bridgehead atoms. The SMILES string of the molecule is NC(=O)c1cn[nH]c1Nc1nc(-c2ccccc2C(F)(F)F)nc2ccccc12. The third kappa shape index (κ3) is 3.47. The molecule has 0 spiro atoms. The topological polar surface area (TPSA) is 110 Å². The zero-order valence-electron chi connectivity index (χ0n) is 14.7. The van der Waals surface area contributed by atoms with E-state index in [-0.39, 0.29) is 28.6 Å². The Labute approximate surface area is 161 Å². The van der Waals surface area contributed by atoms with Crippen molar-refractivity contribution in [2.45, 2.75) is 6.18 Å². The number of para-hydroxylation sites is 1. The molecule has 4 rings (SSSR count). The Bertz CT molecular complexity index is 1220. The predicted octanol–water partition coefficient (Wildman–Crippen LogP) is 3.88. The van der Waals surface area contributed by atoms with Crippen LogP contribution in [0.3, 0.4) is 0 Å². The minimum Gasteiger partial charge on any atom is -0.365 e. The molecule has 0 aliphatic rings. The number of nitrogens with one attached hydrogen (secondary N) is 2. The molecule has 1 amide bonds. The Balaban J connectivity index is 1.91. The maximum Gasteiger partial charge on any atom is 0.417 e. The van der Waals surface area contributed by atoms with Gasteiger partial charge in [-0.05, 0) is 18.2 Å². The molecule has 0 aliphatic carbocycles. The average Bonchev–Trinajstić information content (AvgIpc) is 3.16. The fourth-order valence-electron chi connectivity index (χ4n) is 2.90. The first-order valence-corrected chi connectivity index (χ1v) is 8.38. The first-order chi connectivity index (χ1) is 13.8. The van der Waals surface area contributed by atoms with Crippen molar-refractivity contribution in [2.24, 2.45) is 5.73 Å². The molecule has 10 heteroatoms. The quantitative estimate of drug-likeness (QED) is 0.483. The number of nitrogens with zero attached hydrogens (tertiary/aromatic N) is 3. The van der Waals surface area contributed by atoms with Gasteiger partial charge in [-0.2, -0.15) is 18.3 Å². The summed E-state index contributed by atoms with van der Waals surface area (Å²) >= 11 is 0. The van der Waals surface area contributed by atoms with Crippen LogP contribution in [0.25, 0.3) is 22.3 Å². The zero-order valence-corrected chi connectivity index (χ0v) is 14.7. The van der Waals surface area contributed by atoms with Crippen LogP contribution in [0.2, 0.25) is 0 Å². The lowest BCUT2D eigenvalue weighted by atomic mass is 10.1. The van der Waals surface area contributed by atoms with Crippen molar-refractivity contribution in [3.05, 3.63) is 65.9 Å². The van der Waals surface area contributed by atoms with Crippen LogP contribution in [0.4, 0.5) is 24.8 Å². The van der Waals surface area contributed by atoms with E-state index in [0.717, 1.165) is 6.07 Å². The van der Waals surface area contributed by atoms with E-state index in [0.29, 0.717) is 10.9 Å². The van der Waals surface area contributed by atoms with Crippen LogP contribution in [-0.2, 0) is 6.18 Å². The van der Waals surface area contributed by atoms with E-state index in [9.17, 15) is 18.0 Å². The number of rotatable bonds is 4. The second kappa shape index (κ2) is 6.89. The highest BCUT2D eigenvalue weighted by Crippen LogP contribution is 2.37. The van der Waals surface area contributed by atoms with Gasteiger partial charge in [-0.25, -0.2) is 9.97 Å². The summed E-state index contributed by atoms with van der Waals surface area (Å²) in [4.78, 5) is 20.1. The Kier molecular flexibility index (Phi) is 4.38. The lowest BCUT2D eigenvalue weighted by molar-refractivity contribution is -0.137. The second-order valence-corrected chi connectivity index (χ2v) is 6.10. The molecule has 146 valence electrons. The van der Waals surface area contributed by atoms with Crippen LogP contribution in [-0.4, -0.2) is 26.1 Å². The third-order valence-electron chi connectivity index (χ3n) is 4.22. The van der Waals surface area contributed by atoms with E-state index in [1.165, 1.54) is 24.4 Å².